The molecule has 0 atom stereocenters. The lowest BCUT2D eigenvalue weighted by Gasteiger charge is -2.09. The van der Waals surface area contributed by atoms with Gasteiger partial charge in [-0.2, -0.15) is 10.2 Å². The average molecular weight is 299 g/mol. The number of aromatic nitrogens is 5. The fraction of sp³-hybridized carbons (Fsp3) is 0.455. The van der Waals surface area contributed by atoms with Crippen LogP contribution < -0.4 is 10.9 Å². The van der Waals surface area contributed by atoms with Crippen molar-refractivity contribution in [2.24, 2.45) is 0 Å². The van der Waals surface area contributed by atoms with Gasteiger partial charge in [0.25, 0.3) is 5.56 Å². The van der Waals surface area contributed by atoms with Gasteiger partial charge in [-0.05, 0) is 6.42 Å². The Hall–Kier alpha value is -1.93. The minimum Gasteiger partial charge on any atom is -0.394 e. The highest BCUT2D eigenvalue weighted by molar-refractivity contribution is 6.32. The van der Waals surface area contributed by atoms with Crippen LogP contribution in [0.2, 0.25) is 5.02 Å². The molecule has 9 heteroatoms. The van der Waals surface area contributed by atoms with Gasteiger partial charge in [0, 0.05) is 13.0 Å². The molecule has 0 aliphatic heterocycles. The highest BCUT2D eigenvalue weighted by atomic mass is 35.5. The van der Waals surface area contributed by atoms with Crippen molar-refractivity contribution in [3.63, 3.8) is 0 Å². The summed E-state index contributed by atoms with van der Waals surface area (Å²) in [7, 11) is 0. The van der Waals surface area contributed by atoms with Crippen molar-refractivity contribution >= 4 is 17.3 Å². The lowest BCUT2D eigenvalue weighted by Crippen LogP contribution is -2.25. The lowest BCUT2D eigenvalue weighted by atomic mass is 10.3. The van der Waals surface area contributed by atoms with Crippen LogP contribution in [0.5, 0.6) is 0 Å². The van der Waals surface area contributed by atoms with Crippen LogP contribution in [0.1, 0.15) is 12.2 Å². The van der Waals surface area contributed by atoms with Gasteiger partial charge in [-0.3, -0.25) is 9.89 Å². The Bertz CT molecular complexity index is 597. The minimum absolute atomic E-state index is 0.0770. The van der Waals surface area contributed by atoms with Crippen molar-refractivity contribution in [1.82, 2.24) is 25.0 Å². The predicted molar refractivity (Wildman–Crippen MR) is 73.8 cm³/mol. The molecular formula is C11H15ClN6O2. The number of aliphatic hydroxyl groups excluding tert-OH is 1. The van der Waals surface area contributed by atoms with Crippen molar-refractivity contribution in [1.29, 1.82) is 0 Å². The number of aromatic amines is 1. The van der Waals surface area contributed by atoms with Crippen LogP contribution in [0.15, 0.2) is 17.3 Å². The smallest absolute Gasteiger partial charge is 0.287 e. The second-order valence-corrected chi connectivity index (χ2v) is 4.46. The van der Waals surface area contributed by atoms with E-state index in [0.29, 0.717) is 12.2 Å². The molecule has 0 saturated carbocycles. The number of hydrogen-bond acceptors (Lipinski definition) is 6. The molecule has 2 aromatic heterocycles. The van der Waals surface area contributed by atoms with Crippen LogP contribution in [0.4, 0.5) is 5.69 Å². The zero-order valence-corrected chi connectivity index (χ0v) is 11.5. The summed E-state index contributed by atoms with van der Waals surface area (Å²) in [5.41, 5.74) is 0.0735. The number of rotatable bonds is 7. The molecule has 3 N–H and O–H groups in total. The standard InChI is InChI=1S/C11H15ClN6O2/c12-10-8(6-16-18(4-5-19)11(10)20)13-3-1-2-9-14-7-15-17-9/h6-7,13,19H,1-5H2,(H,14,15,17). The van der Waals surface area contributed by atoms with E-state index >= 15 is 0 Å². The molecule has 0 bridgehead atoms. The Morgan fingerprint density at radius 3 is 3.05 bits per heavy atom. The Kier molecular flexibility index (Phi) is 5.08. The van der Waals surface area contributed by atoms with E-state index < -0.39 is 5.56 Å². The summed E-state index contributed by atoms with van der Waals surface area (Å²) in [6.07, 6.45) is 4.50. The maximum Gasteiger partial charge on any atom is 0.287 e. The first kappa shape index (κ1) is 14.5. The summed E-state index contributed by atoms with van der Waals surface area (Å²) < 4.78 is 1.13. The largest absolute Gasteiger partial charge is 0.394 e. The van der Waals surface area contributed by atoms with E-state index in [9.17, 15) is 4.79 Å². The van der Waals surface area contributed by atoms with E-state index in [1.807, 2.05) is 0 Å². The SMILES string of the molecule is O=c1c(Cl)c(NCCCc2ncn[nH]2)cnn1CCO. The summed E-state index contributed by atoms with van der Waals surface area (Å²) in [4.78, 5) is 15.8. The maximum absolute atomic E-state index is 11.8. The molecule has 2 rings (SSSR count). The lowest BCUT2D eigenvalue weighted by molar-refractivity contribution is 0.266. The van der Waals surface area contributed by atoms with E-state index in [1.54, 1.807) is 0 Å². The van der Waals surface area contributed by atoms with Crippen molar-refractivity contribution in [3.8, 4) is 0 Å². The van der Waals surface area contributed by atoms with Crippen LogP contribution in [0, 0.1) is 0 Å². The van der Waals surface area contributed by atoms with Gasteiger partial charge < -0.3 is 10.4 Å². The van der Waals surface area contributed by atoms with Gasteiger partial charge >= 0.3 is 0 Å². The summed E-state index contributed by atoms with van der Waals surface area (Å²) in [5.74, 6) is 0.814. The fourth-order valence-corrected chi connectivity index (χ4v) is 1.89. The zero-order valence-electron chi connectivity index (χ0n) is 10.7. The van der Waals surface area contributed by atoms with Gasteiger partial charge in [0.1, 0.15) is 17.2 Å². The molecule has 2 heterocycles. The third kappa shape index (κ3) is 3.55. The summed E-state index contributed by atoms with van der Waals surface area (Å²) in [6, 6.07) is 0. The van der Waals surface area contributed by atoms with Gasteiger partial charge in [0.2, 0.25) is 0 Å². The maximum atomic E-state index is 11.8. The highest BCUT2D eigenvalue weighted by Crippen LogP contribution is 2.15. The molecule has 2 aromatic rings. The molecule has 0 saturated heterocycles. The molecule has 0 radical (unpaired) electrons. The first-order valence-electron chi connectivity index (χ1n) is 6.17. The minimum atomic E-state index is -0.416. The van der Waals surface area contributed by atoms with Crippen LogP contribution >= 0.6 is 11.6 Å². The van der Waals surface area contributed by atoms with E-state index in [0.717, 1.165) is 23.3 Å². The topological polar surface area (TPSA) is 109 Å². The molecular weight excluding hydrogens is 284 g/mol. The Labute approximate surface area is 119 Å². The molecule has 0 unspecified atom stereocenters. The molecule has 0 spiro atoms. The second-order valence-electron chi connectivity index (χ2n) is 4.09. The third-order valence-electron chi connectivity index (χ3n) is 2.67. The van der Waals surface area contributed by atoms with Crippen LogP contribution in [-0.2, 0) is 13.0 Å². The van der Waals surface area contributed by atoms with Crippen LogP contribution in [0.25, 0.3) is 0 Å². The number of H-pyrrole nitrogens is 1. The third-order valence-corrected chi connectivity index (χ3v) is 3.03. The highest BCUT2D eigenvalue weighted by Gasteiger charge is 2.08. The fourth-order valence-electron chi connectivity index (χ4n) is 1.67. The molecule has 0 aliphatic carbocycles. The number of aliphatic hydroxyl groups is 1. The van der Waals surface area contributed by atoms with E-state index in [1.165, 1.54) is 12.5 Å². The van der Waals surface area contributed by atoms with Crippen LogP contribution in [-0.4, -0.2) is 43.2 Å². The first-order chi connectivity index (χ1) is 9.72. The van der Waals surface area contributed by atoms with Crippen molar-refractivity contribution in [2.45, 2.75) is 19.4 Å². The number of aryl methyl sites for hydroxylation is 1. The van der Waals surface area contributed by atoms with Crippen LogP contribution in [0.3, 0.4) is 0 Å². The van der Waals surface area contributed by atoms with Gasteiger partial charge in [-0.15, -0.1) is 0 Å². The normalized spacial score (nSPS) is 10.7. The zero-order chi connectivity index (χ0) is 14.4. The van der Waals surface area contributed by atoms with Crippen molar-refractivity contribution in [2.75, 3.05) is 18.5 Å². The number of nitrogens with zero attached hydrogens (tertiary/aromatic N) is 4. The van der Waals surface area contributed by atoms with Gasteiger partial charge in [-0.25, -0.2) is 9.67 Å². The molecule has 20 heavy (non-hydrogen) atoms. The van der Waals surface area contributed by atoms with E-state index in [2.05, 4.69) is 25.6 Å². The second kappa shape index (κ2) is 7.01. The Balaban J connectivity index is 1.89. The van der Waals surface area contributed by atoms with Gasteiger partial charge in [0.05, 0.1) is 25.0 Å². The Morgan fingerprint density at radius 1 is 1.50 bits per heavy atom. The quantitative estimate of drug-likeness (QED) is 0.623. The van der Waals surface area contributed by atoms with Gasteiger partial charge in [-0.1, -0.05) is 11.6 Å². The Morgan fingerprint density at radius 2 is 2.35 bits per heavy atom. The molecule has 0 fully saturated rings. The van der Waals surface area contributed by atoms with E-state index in [4.69, 9.17) is 16.7 Å². The van der Waals surface area contributed by atoms with E-state index in [-0.39, 0.29) is 18.2 Å². The molecule has 0 amide bonds. The molecule has 0 aliphatic rings. The number of hydrogen-bond donors (Lipinski definition) is 3. The van der Waals surface area contributed by atoms with Gasteiger partial charge in [0.15, 0.2) is 0 Å². The summed E-state index contributed by atoms with van der Waals surface area (Å²) >= 11 is 5.97. The summed E-state index contributed by atoms with van der Waals surface area (Å²) in [5, 5.41) is 22.4. The summed E-state index contributed by atoms with van der Waals surface area (Å²) in [6.45, 7) is 0.600. The number of halogens is 1. The number of anilines is 1. The average Bonchev–Trinajstić information content (AvgIpc) is 2.95. The molecule has 108 valence electrons. The molecule has 0 aromatic carbocycles. The molecule has 8 nitrogen and oxygen atoms in total. The van der Waals surface area contributed by atoms with Crippen molar-refractivity contribution in [3.05, 3.63) is 33.7 Å². The monoisotopic (exact) mass is 298 g/mol. The first-order valence-corrected chi connectivity index (χ1v) is 6.54. The van der Waals surface area contributed by atoms with Crippen molar-refractivity contribution < 1.29 is 5.11 Å². The predicted octanol–water partition coefficient (Wildman–Crippen LogP) is 0.0518. The number of nitrogens with one attached hydrogen (secondary N) is 2.